The third-order valence-corrected chi connectivity index (χ3v) is 16.7. The van der Waals surface area contributed by atoms with Crippen molar-refractivity contribution >= 4 is 19.8 Å². The van der Waals surface area contributed by atoms with Crippen LogP contribution in [0.4, 0.5) is 0 Å². The highest BCUT2D eigenvalue weighted by Crippen LogP contribution is 2.43. The average Bonchev–Trinajstić information content (AvgIpc) is 1.56. The monoisotopic (exact) mass is 1320 g/mol. The second kappa shape index (κ2) is 72.6. The van der Waals surface area contributed by atoms with Crippen LogP contribution in [0.15, 0.2) is 170 Å². The van der Waals surface area contributed by atoms with Crippen molar-refractivity contribution in [3.63, 3.8) is 0 Å². The SMILES string of the molecule is CC/C=C\C/C=C\C/C=C\C/C=C\C/C=C\C/C=C\C/C=C\CCCCCCCCCCCCCCCCCC(=O)OC(COC(=O)CCCCCCCCCCCCC/C=C\C/C=C\C/C=C\C/C=C\C/C=C\C/C=C\C/C=C\CC)COP(=O)(O)OCC[N+](C)(C)C. The van der Waals surface area contributed by atoms with Crippen LogP contribution in [0.2, 0.25) is 0 Å². The minimum absolute atomic E-state index is 0.0245. The molecular formula is C84H141NO8P+. The molecule has 0 aromatic rings. The summed E-state index contributed by atoms with van der Waals surface area (Å²) in [5.74, 6) is -0.803. The molecule has 0 rings (SSSR count). The Bertz CT molecular complexity index is 2200. The number of allylic oxidation sites excluding steroid dienone is 28. The molecule has 2 atom stereocenters. The summed E-state index contributed by atoms with van der Waals surface area (Å²) in [7, 11) is 1.46. The molecule has 2 unspecified atom stereocenters. The minimum atomic E-state index is -4.41. The van der Waals surface area contributed by atoms with Crippen LogP contribution >= 0.6 is 7.82 Å². The summed E-state index contributed by atoms with van der Waals surface area (Å²) in [6.07, 6.45) is 110. The number of phosphoric acid groups is 1. The zero-order chi connectivity index (χ0) is 68.3. The van der Waals surface area contributed by atoms with Gasteiger partial charge in [0.2, 0.25) is 0 Å². The van der Waals surface area contributed by atoms with E-state index in [-0.39, 0.29) is 32.0 Å². The van der Waals surface area contributed by atoms with Gasteiger partial charge in [-0.3, -0.25) is 18.6 Å². The molecular weight excluding hydrogens is 1180 g/mol. The summed E-state index contributed by atoms with van der Waals surface area (Å²) < 4.78 is 34.8. The van der Waals surface area contributed by atoms with Crippen LogP contribution in [-0.4, -0.2) is 74.9 Å². The Labute approximate surface area is 578 Å². The first-order chi connectivity index (χ1) is 46.0. The maximum absolute atomic E-state index is 12.9. The van der Waals surface area contributed by atoms with Gasteiger partial charge in [0.05, 0.1) is 27.7 Å². The van der Waals surface area contributed by atoms with Gasteiger partial charge < -0.3 is 18.9 Å². The van der Waals surface area contributed by atoms with Crippen LogP contribution in [0.3, 0.4) is 0 Å². The van der Waals surface area contributed by atoms with E-state index in [2.05, 4.69) is 184 Å². The Hall–Kier alpha value is -4.63. The first-order valence-corrected chi connectivity index (χ1v) is 39.4. The van der Waals surface area contributed by atoms with Gasteiger partial charge in [-0.1, -0.05) is 325 Å². The molecule has 0 aliphatic rings. The zero-order valence-electron chi connectivity index (χ0n) is 60.9. The first-order valence-electron chi connectivity index (χ1n) is 37.9. The number of ether oxygens (including phenoxy) is 2. The summed E-state index contributed by atoms with van der Waals surface area (Å²) in [6.45, 7) is 4.21. The summed E-state index contributed by atoms with van der Waals surface area (Å²) in [6, 6.07) is 0. The summed E-state index contributed by atoms with van der Waals surface area (Å²) in [4.78, 5) is 36.0. The lowest BCUT2D eigenvalue weighted by Gasteiger charge is -2.24. The number of rotatable bonds is 68. The second-order valence-corrected chi connectivity index (χ2v) is 27.4. The molecule has 534 valence electrons. The number of unbranched alkanes of at least 4 members (excludes halogenated alkanes) is 26. The topological polar surface area (TPSA) is 108 Å². The average molecular weight is 1320 g/mol. The smallest absolute Gasteiger partial charge is 0.462 e. The van der Waals surface area contributed by atoms with E-state index in [1.807, 2.05) is 21.1 Å². The maximum atomic E-state index is 12.9. The van der Waals surface area contributed by atoms with Crippen molar-refractivity contribution < 1.29 is 42.1 Å². The van der Waals surface area contributed by atoms with Gasteiger partial charge in [0.15, 0.2) is 6.10 Å². The fourth-order valence-corrected chi connectivity index (χ4v) is 10.8. The van der Waals surface area contributed by atoms with Gasteiger partial charge in [-0.25, -0.2) is 4.57 Å². The molecule has 0 amide bonds. The lowest BCUT2D eigenvalue weighted by molar-refractivity contribution is -0.870. The lowest BCUT2D eigenvalue weighted by atomic mass is 10.0. The summed E-state index contributed by atoms with van der Waals surface area (Å²) in [5, 5.41) is 0. The first kappa shape index (κ1) is 89.4. The molecule has 94 heavy (non-hydrogen) atoms. The molecule has 0 saturated heterocycles. The third-order valence-electron chi connectivity index (χ3n) is 15.7. The highest BCUT2D eigenvalue weighted by molar-refractivity contribution is 7.47. The molecule has 0 aliphatic carbocycles. The van der Waals surface area contributed by atoms with E-state index in [1.165, 1.54) is 128 Å². The fourth-order valence-electron chi connectivity index (χ4n) is 10.0. The third kappa shape index (κ3) is 76.4. The Morgan fingerprint density at radius 2 is 0.574 bits per heavy atom. The van der Waals surface area contributed by atoms with E-state index >= 15 is 0 Å². The molecule has 0 saturated carbocycles. The van der Waals surface area contributed by atoms with Crippen LogP contribution in [0.25, 0.3) is 0 Å². The number of likely N-dealkylation sites (N-methyl/N-ethyl adjacent to an activating group) is 1. The second-order valence-electron chi connectivity index (χ2n) is 25.9. The summed E-state index contributed by atoms with van der Waals surface area (Å²) >= 11 is 0. The van der Waals surface area contributed by atoms with Crippen LogP contribution in [0.5, 0.6) is 0 Å². The van der Waals surface area contributed by atoms with Gasteiger partial charge in [-0.2, -0.15) is 0 Å². The largest absolute Gasteiger partial charge is 0.472 e. The van der Waals surface area contributed by atoms with Crippen LogP contribution in [0, 0.1) is 0 Å². The van der Waals surface area contributed by atoms with E-state index in [0.29, 0.717) is 17.4 Å². The molecule has 0 aliphatic heterocycles. The van der Waals surface area contributed by atoms with E-state index in [4.69, 9.17) is 18.5 Å². The molecule has 0 bridgehead atoms. The molecule has 9 nitrogen and oxygen atoms in total. The standard InChI is InChI=1S/C84H140NO8P/c1-6-8-10-12-14-16-18-20-22-24-26-28-30-32-34-36-38-40-41-42-43-45-47-49-51-53-55-57-59-61-63-65-67-69-71-73-75-77-84(87)93-82(81-92-94(88,89)91-79-78-85(3,4)5)80-90-83(86)76-74-72-70-68-66-64-62-60-58-56-54-52-50-48-46-44-39-37-35-33-31-29-27-25-23-21-19-17-15-13-11-9-7-2/h8-11,14-17,20-23,26-29,32-35,38-40,42-44,48,50,82H,6-7,12-13,18-19,24-25,30-31,36-37,41,45-47,49,51-81H2,1-5H3/p+1/b10-8-,11-9-,16-14-,17-15-,22-20-,23-21-,28-26-,29-27-,34-32-,35-33-,40-38-,43-42-,44-39-,50-48-. The molecule has 0 radical (unpaired) electrons. The molecule has 0 aromatic heterocycles. The van der Waals surface area contributed by atoms with Gasteiger partial charge in [-0.05, 0) is 128 Å². The van der Waals surface area contributed by atoms with E-state index in [1.54, 1.807) is 0 Å². The van der Waals surface area contributed by atoms with Crippen molar-refractivity contribution in [2.24, 2.45) is 0 Å². The van der Waals surface area contributed by atoms with Gasteiger partial charge >= 0.3 is 19.8 Å². The number of quaternary nitrogens is 1. The van der Waals surface area contributed by atoms with Crippen molar-refractivity contribution in [3.05, 3.63) is 170 Å². The minimum Gasteiger partial charge on any atom is -0.462 e. The molecule has 0 heterocycles. The van der Waals surface area contributed by atoms with Gasteiger partial charge in [0.1, 0.15) is 19.8 Å². The molecule has 10 heteroatoms. The van der Waals surface area contributed by atoms with E-state index in [0.717, 1.165) is 135 Å². The predicted molar refractivity (Wildman–Crippen MR) is 408 cm³/mol. The van der Waals surface area contributed by atoms with E-state index < -0.39 is 26.5 Å². The maximum Gasteiger partial charge on any atom is 0.472 e. The Balaban J connectivity index is 4.06. The zero-order valence-corrected chi connectivity index (χ0v) is 61.8. The highest BCUT2D eigenvalue weighted by atomic mass is 31.2. The van der Waals surface area contributed by atoms with E-state index in [9.17, 15) is 19.0 Å². The van der Waals surface area contributed by atoms with Crippen molar-refractivity contribution in [2.45, 2.75) is 302 Å². The number of hydrogen-bond acceptors (Lipinski definition) is 7. The Morgan fingerprint density at radius 1 is 0.330 bits per heavy atom. The van der Waals surface area contributed by atoms with Crippen molar-refractivity contribution in [2.75, 3.05) is 47.5 Å². The summed E-state index contributed by atoms with van der Waals surface area (Å²) in [5.41, 5.74) is 0. The number of phosphoric ester groups is 1. The van der Waals surface area contributed by atoms with Crippen LogP contribution in [-0.2, 0) is 32.7 Å². The lowest BCUT2D eigenvalue weighted by Crippen LogP contribution is -2.37. The Morgan fingerprint density at radius 3 is 0.851 bits per heavy atom. The fraction of sp³-hybridized carbons (Fsp3) is 0.643. The predicted octanol–water partition coefficient (Wildman–Crippen LogP) is 25.3. The molecule has 0 aromatic carbocycles. The number of carbonyl (C=O) groups excluding carboxylic acids is 2. The number of esters is 2. The normalized spacial score (nSPS) is 14.1. The van der Waals surface area contributed by atoms with Crippen molar-refractivity contribution in [3.8, 4) is 0 Å². The van der Waals surface area contributed by atoms with Gasteiger partial charge in [0.25, 0.3) is 0 Å². The van der Waals surface area contributed by atoms with Crippen molar-refractivity contribution in [1.29, 1.82) is 0 Å². The Kier molecular flexibility index (Phi) is 69.1. The molecule has 1 N–H and O–H groups in total. The van der Waals surface area contributed by atoms with Crippen LogP contribution < -0.4 is 0 Å². The molecule has 0 fully saturated rings. The highest BCUT2D eigenvalue weighted by Gasteiger charge is 2.27. The molecule has 0 spiro atoms. The van der Waals surface area contributed by atoms with Crippen molar-refractivity contribution in [1.82, 2.24) is 0 Å². The van der Waals surface area contributed by atoms with Gasteiger partial charge in [0, 0.05) is 12.8 Å². The van der Waals surface area contributed by atoms with Crippen LogP contribution in [0.1, 0.15) is 296 Å². The number of hydrogen-bond donors (Lipinski definition) is 1. The number of carbonyl (C=O) groups is 2. The number of nitrogens with zero attached hydrogens (tertiary/aromatic N) is 1. The quantitative estimate of drug-likeness (QED) is 0.0211. The van der Waals surface area contributed by atoms with Gasteiger partial charge in [-0.15, -0.1) is 0 Å².